The molecule has 3 unspecified atom stereocenters. The van der Waals surface area contributed by atoms with Crippen molar-refractivity contribution in [2.24, 2.45) is 11.3 Å². The molecule has 3 aliphatic rings. The molecule has 1 aromatic heterocycles. The van der Waals surface area contributed by atoms with E-state index in [0.29, 0.717) is 11.2 Å². The van der Waals surface area contributed by atoms with Crippen LogP contribution in [0.15, 0.2) is 23.1 Å². The fourth-order valence-electron chi connectivity index (χ4n) is 5.15. The number of carbonyl (C=O) groups is 1. The van der Waals surface area contributed by atoms with E-state index < -0.39 is 24.3 Å². The van der Waals surface area contributed by atoms with Gasteiger partial charge in [0.1, 0.15) is 12.2 Å². The number of urea groups is 1. The van der Waals surface area contributed by atoms with Crippen molar-refractivity contribution in [3.8, 4) is 0 Å². The van der Waals surface area contributed by atoms with Crippen LogP contribution >= 0.6 is 0 Å². The average molecular weight is 385 g/mol. The topological polar surface area (TPSA) is 72.4 Å². The van der Waals surface area contributed by atoms with E-state index in [4.69, 9.17) is 4.74 Å². The maximum absolute atomic E-state index is 12.6. The van der Waals surface area contributed by atoms with Crippen molar-refractivity contribution in [2.45, 2.75) is 57.0 Å². The Balaban J connectivity index is 1.46. The van der Waals surface area contributed by atoms with Gasteiger partial charge in [-0.2, -0.15) is 13.2 Å². The first-order valence-electron chi connectivity index (χ1n) is 9.25. The van der Waals surface area contributed by atoms with Gasteiger partial charge < -0.3 is 19.9 Å². The van der Waals surface area contributed by atoms with Gasteiger partial charge in [-0.1, -0.05) is 12.8 Å². The third-order valence-electron chi connectivity index (χ3n) is 6.19. The van der Waals surface area contributed by atoms with E-state index in [2.05, 4.69) is 10.6 Å². The summed E-state index contributed by atoms with van der Waals surface area (Å²) in [6, 6.07) is 2.04. The van der Waals surface area contributed by atoms with Crippen molar-refractivity contribution in [1.82, 2.24) is 9.88 Å². The third-order valence-corrected chi connectivity index (χ3v) is 6.19. The van der Waals surface area contributed by atoms with Crippen LogP contribution in [0.3, 0.4) is 0 Å². The summed E-state index contributed by atoms with van der Waals surface area (Å²) in [5.41, 5.74) is -1.08. The van der Waals surface area contributed by atoms with Gasteiger partial charge in [0.05, 0.1) is 6.10 Å². The van der Waals surface area contributed by atoms with Crippen molar-refractivity contribution in [3.63, 3.8) is 0 Å². The smallest absolute Gasteiger partial charge is 0.377 e. The molecule has 1 aliphatic heterocycles. The lowest BCUT2D eigenvalue weighted by atomic mass is 9.54. The van der Waals surface area contributed by atoms with E-state index in [1.54, 1.807) is 0 Å². The lowest BCUT2D eigenvalue weighted by molar-refractivity contribution is -0.141. The van der Waals surface area contributed by atoms with Crippen LogP contribution in [0.2, 0.25) is 0 Å². The van der Waals surface area contributed by atoms with Crippen LogP contribution in [0.5, 0.6) is 0 Å². The minimum Gasteiger partial charge on any atom is -0.377 e. The highest BCUT2D eigenvalue weighted by Crippen LogP contribution is 2.60. The first-order valence-corrected chi connectivity index (χ1v) is 9.25. The molecule has 2 saturated carbocycles. The maximum Gasteiger partial charge on any atom is 0.406 e. The molecule has 3 atom stereocenters. The zero-order chi connectivity index (χ0) is 19.2. The number of anilines is 1. The number of rotatable bonds is 3. The molecular formula is C18H22F3N3O3. The number of hydrogen-bond donors (Lipinski definition) is 2. The number of halogens is 3. The molecule has 6 nitrogen and oxygen atoms in total. The van der Waals surface area contributed by atoms with E-state index in [1.807, 2.05) is 0 Å². The molecule has 2 N–H and O–H groups in total. The Bertz CT molecular complexity index is 786. The van der Waals surface area contributed by atoms with Crippen LogP contribution < -0.4 is 16.2 Å². The van der Waals surface area contributed by atoms with Gasteiger partial charge in [-0.05, 0) is 31.4 Å². The third kappa shape index (κ3) is 3.22. The molecule has 2 aliphatic carbocycles. The lowest BCUT2D eigenvalue weighted by Gasteiger charge is -2.56. The van der Waals surface area contributed by atoms with Crippen molar-refractivity contribution in [1.29, 1.82) is 0 Å². The summed E-state index contributed by atoms with van der Waals surface area (Å²) in [5.74, 6) is 0.270. The standard InChI is InChI=1S/C18H22F3N3O3/c19-18(20,21)10-24-8-3-4-12(15(24)25)22-16(26)23-13-11-5-9-27-14(11)17(13)6-1-2-7-17/h3-4,8,11,13-14H,1-2,5-7,9-10H2,(H2,22,23,26). The second kappa shape index (κ2) is 6.54. The molecule has 0 radical (unpaired) electrons. The number of ether oxygens (including phenoxy) is 1. The van der Waals surface area contributed by atoms with Crippen molar-refractivity contribution in [2.75, 3.05) is 11.9 Å². The van der Waals surface area contributed by atoms with Crippen molar-refractivity contribution >= 4 is 11.7 Å². The number of nitrogens with one attached hydrogen (secondary N) is 2. The van der Waals surface area contributed by atoms with Gasteiger partial charge in [-0.15, -0.1) is 0 Å². The van der Waals surface area contributed by atoms with Crippen LogP contribution in [-0.2, 0) is 11.3 Å². The normalized spacial score (nSPS) is 28.6. The molecule has 1 spiro atoms. The predicted molar refractivity (Wildman–Crippen MR) is 91.4 cm³/mol. The summed E-state index contributed by atoms with van der Waals surface area (Å²) in [6.45, 7) is -0.701. The van der Waals surface area contributed by atoms with E-state index in [9.17, 15) is 22.8 Å². The second-order valence-corrected chi connectivity index (χ2v) is 7.73. The number of nitrogens with zero attached hydrogens (tertiary/aromatic N) is 1. The summed E-state index contributed by atoms with van der Waals surface area (Å²) in [4.78, 5) is 24.6. The largest absolute Gasteiger partial charge is 0.406 e. The summed E-state index contributed by atoms with van der Waals surface area (Å²) in [6.07, 6.45) is 1.83. The van der Waals surface area contributed by atoms with Gasteiger partial charge in [0.15, 0.2) is 0 Å². The van der Waals surface area contributed by atoms with Gasteiger partial charge in [-0.25, -0.2) is 4.79 Å². The number of aromatic nitrogens is 1. The Labute approximate surface area is 154 Å². The van der Waals surface area contributed by atoms with E-state index >= 15 is 0 Å². The summed E-state index contributed by atoms with van der Waals surface area (Å²) in [7, 11) is 0. The SMILES string of the molecule is O=C(Nc1cccn(CC(F)(F)F)c1=O)NC1C2CCOC2C12CCCC2. The summed E-state index contributed by atoms with van der Waals surface area (Å²) in [5, 5.41) is 5.39. The number of pyridine rings is 1. The zero-order valence-electron chi connectivity index (χ0n) is 14.7. The minimum atomic E-state index is -4.51. The number of fused-ring (bicyclic) bond motifs is 2. The van der Waals surface area contributed by atoms with Crippen LogP contribution in [0.4, 0.5) is 23.7 Å². The fraction of sp³-hybridized carbons (Fsp3) is 0.667. The van der Waals surface area contributed by atoms with Gasteiger partial charge >= 0.3 is 12.2 Å². The van der Waals surface area contributed by atoms with Gasteiger partial charge in [0.2, 0.25) is 0 Å². The molecule has 27 heavy (non-hydrogen) atoms. The van der Waals surface area contributed by atoms with E-state index in [-0.39, 0.29) is 29.2 Å². The molecule has 148 valence electrons. The molecule has 2 heterocycles. The molecule has 0 bridgehead atoms. The Morgan fingerprint density at radius 1 is 1.33 bits per heavy atom. The number of carbonyl (C=O) groups excluding carboxylic acids is 1. The predicted octanol–water partition coefficient (Wildman–Crippen LogP) is 2.88. The lowest BCUT2D eigenvalue weighted by Crippen LogP contribution is -2.68. The monoisotopic (exact) mass is 385 g/mol. The van der Waals surface area contributed by atoms with Crippen LogP contribution in [-0.4, -0.2) is 35.5 Å². The molecular weight excluding hydrogens is 363 g/mol. The Morgan fingerprint density at radius 2 is 2.07 bits per heavy atom. The Hall–Kier alpha value is -2.03. The van der Waals surface area contributed by atoms with E-state index in [0.717, 1.165) is 38.3 Å². The van der Waals surface area contributed by atoms with Gasteiger partial charge in [0.25, 0.3) is 5.56 Å². The Kier molecular flexibility index (Phi) is 4.44. The highest BCUT2D eigenvalue weighted by molar-refractivity contribution is 5.89. The van der Waals surface area contributed by atoms with Crippen LogP contribution in [0.1, 0.15) is 32.1 Å². The molecule has 1 aromatic rings. The molecule has 9 heteroatoms. The highest BCUT2D eigenvalue weighted by Gasteiger charge is 2.65. The Morgan fingerprint density at radius 3 is 2.78 bits per heavy atom. The molecule has 3 fully saturated rings. The molecule has 4 rings (SSSR count). The number of hydrogen-bond acceptors (Lipinski definition) is 3. The van der Waals surface area contributed by atoms with E-state index in [1.165, 1.54) is 12.1 Å². The molecule has 0 aromatic carbocycles. The second-order valence-electron chi connectivity index (χ2n) is 7.73. The maximum atomic E-state index is 12.6. The number of amides is 2. The van der Waals surface area contributed by atoms with Gasteiger partial charge in [-0.3, -0.25) is 4.79 Å². The van der Waals surface area contributed by atoms with Crippen LogP contribution in [0.25, 0.3) is 0 Å². The van der Waals surface area contributed by atoms with Gasteiger partial charge in [0, 0.05) is 30.2 Å². The number of alkyl halides is 3. The average Bonchev–Trinajstić information content (AvgIpc) is 3.23. The minimum absolute atomic E-state index is 0.0198. The van der Waals surface area contributed by atoms with Crippen LogP contribution in [0, 0.1) is 11.3 Å². The highest BCUT2D eigenvalue weighted by atomic mass is 19.4. The quantitative estimate of drug-likeness (QED) is 0.841. The van der Waals surface area contributed by atoms with Crippen molar-refractivity contribution in [3.05, 3.63) is 28.7 Å². The van der Waals surface area contributed by atoms with Crippen molar-refractivity contribution < 1.29 is 22.7 Å². The zero-order valence-corrected chi connectivity index (χ0v) is 14.7. The first kappa shape index (κ1) is 18.3. The fourth-order valence-corrected chi connectivity index (χ4v) is 5.15. The summed E-state index contributed by atoms with van der Waals surface area (Å²) >= 11 is 0. The molecule has 1 saturated heterocycles. The summed E-state index contributed by atoms with van der Waals surface area (Å²) < 4.78 is 44.1. The molecule has 2 amide bonds. The first-order chi connectivity index (χ1) is 12.8.